The van der Waals surface area contributed by atoms with Crippen LogP contribution in [0, 0.1) is 0 Å². The molecule has 2 fully saturated rings. The Balaban J connectivity index is 1.29. The Morgan fingerprint density at radius 1 is 0.929 bits per heavy atom. The van der Waals surface area contributed by atoms with Crippen LogP contribution in [-0.2, 0) is 19.6 Å². The van der Waals surface area contributed by atoms with E-state index in [0.717, 1.165) is 45.1 Å². The van der Waals surface area contributed by atoms with Gasteiger partial charge in [0, 0.05) is 44.3 Å². The number of benzene rings is 1. The summed E-state index contributed by atoms with van der Waals surface area (Å²) in [5, 5.41) is 12.6. The van der Waals surface area contributed by atoms with Gasteiger partial charge in [0.2, 0.25) is 0 Å². The van der Waals surface area contributed by atoms with E-state index in [1.807, 2.05) is 0 Å². The predicted octanol–water partition coefficient (Wildman–Crippen LogP) is 2.75. The number of anilines is 1. The number of aromatic nitrogens is 3. The molecule has 2 aromatic rings. The fourth-order valence-corrected chi connectivity index (χ4v) is 5.08. The smallest absolute Gasteiger partial charge is 0.147 e. The molecule has 1 N–H and O–H groups in total. The average molecular weight is 381 g/mol. The highest BCUT2D eigenvalue weighted by Crippen LogP contribution is 2.28. The maximum Gasteiger partial charge on any atom is 0.147 e. The van der Waals surface area contributed by atoms with Gasteiger partial charge in [0.15, 0.2) is 0 Å². The van der Waals surface area contributed by atoms with E-state index in [2.05, 4.69) is 54.1 Å². The molecule has 2 saturated heterocycles. The highest BCUT2D eigenvalue weighted by Gasteiger charge is 2.27. The lowest BCUT2D eigenvalue weighted by Crippen LogP contribution is -2.36. The first-order valence-electron chi connectivity index (χ1n) is 11.1. The second-order valence-corrected chi connectivity index (χ2v) is 8.54. The van der Waals surface area contributed by atoms with Crippen LogP contribution in [0.25, 0.3) is 0 Å². The third-order valence-electron chi connectivity index (χ3n) is 6.65. The zero-order valence-corrected chi connectivity index (χ0v) is 16.8. The molecule has 4 heterocycles. The van der Waals surface area contributed by atoms with Crippen molar-refractivity contribution in [1.29, 1.82) is 0 Å². The van der Waals surface area contributed by atoms with Crippen molar-refractivity contribution in [3.05, 3.63) is 41.5 Å². The number of hydrogen-bond donors (Lipinski definition) is 1. The minimum absolute atomic E-state index is 0.578. The van der Waals surface area contributed by atoms with Crippen LogP contribution >= 0.6 is 0 Å². The fraction of sp³-hybridized carbons (Fsp3) is 0.636. The Kier molecular flexibility index (Phi) is 5.32. The molecule has 6 heteroatoms. The summed E-state index contributed by atoms with van der Waals surface area (Å²) < 4.78 is 2.41. The van der Waals surface area contributed by atoms with Gasteiger partial charge >= 0.3 is 0 Å². The standard InChI is InChI=1S/C22H32N6/c1-4-12-27(13-5-1)20-7-3-2-6-19(20)16-26-14-15-28-21(17-26)24-25-22(28)18-8-10-23-11-9-18/h2-3,6-7,18,23H,1,4-5,8-17H2. The summed E-state index contributed by atoms with van der Waals surface area (Å²) in [6, 6.07) is 8.99. The zero-order valence-electron chi connectivity index (χ0n) is 16.8. The molecule has 0 spiro atoms. The number of nitrogens with one attached hydrogen (secondary N) is 1. The Morgan fingerprint density at radius 3 is 2.61 bits per heavy atom. The largest absolute Gasteiger partial charge is 0.371 e. The van der Waals surface area contributed by atoms with E-state index in [4.69, 9.17) is 0 Å². The summed E-state index contributed by atoms with van der Waals surface area (Å²) >= 11 is 0. The van der Waals surface area contributed by atoms with E-state index in [9.17, 15) is 0 Å². The maximum absolute atomic E-state index is 4.60. The van der Waals surface area contributed by atoms with Gasteiger partial charge < -0.3 is 14.8 Å². The highest BCUT2D eigenvalue weighted by molar-refractivity contribution is 5.53. The van der Waals surface area contributed by atoms with Gasteiger partial charge in [-0.3, -0.25) is 4.90 Å². The quantitative estimate of drug-likeness (QED) is 0.884. The first-order chi connectivity index (χ1) is 13.9. The first-order valence-corrected chi connectivity index (χ1v) is 11.1. The first kappa shape index (κ1) is 18.1. The third kappa shape index (κ3) is 3.67. The summed E-state index contributed by atoms with van der Waals surface area (Å²) in [4.78, 5) is 5.12. The second-order valence-electron chi connectivity index (χ2n) is 8.54. The van der Waals surface area contributed by atoms with Crippen molar-refractivity contribution < 1.29 is 0 Å². The minimum Gasteiger partial charge on any atom is -0.371 e. The fourth-order valence-electron chi connectivity index (χ4n) is 5.08. The van der Waals surface area contributed by atoms with E-state index in [-0.39, 0.29) is 0 Å². The maximum atomic E-state index is 4.60. The predicted molar refractivity (Wildman–Crippen MR) is 111 cm³/mol. The molecule has 1 aromatic heterocycles. The number of hydrogen-bond acceptors (Lipinski definition) is 5. The van der Waals surface area contributed by atoms with Gasteiger partial charge in [-0.2, -0.15) is 0 Å². The van der Waals surface area contributed by atoms with Gasteiger partial charge in [-0.05, 0) is 56.8 Å². The van der Waals surface area contributed by atoms with Crippen molar-refractivity contribution in [1.82, 2.24) is 25.0 Å². The normalized spacial score (nSPS) is 21.6. The molecule has 0 amide bonds. The van der Waals surface area contributed by atoms with Crippen molar-refractivity contribution in [2.75, 3.05) is 37.6 Å². The average Bonchev–Trinajstić information content (AvgIpc) is 3.19. The molecule has 0 atom stereocenters. The number of para-hydroxylation sites is 1. The molecule has 150 valence electrons. The Labute approximate surface area is 167 Å². The van der Waals surface area contributed by atoms with E-state index < -0.39 is 0 Å². The second kappa shape index (κ2) is 8.21. The minimum atomic E-state index is 0.578. The van der Waals surface area contributed by atoms with Crippen molar-refractivity contribution in [2.45, 2.75) is 57.7 Å². The molecule has 28 heavy (non-hydrogen) atoms. The van der Waals surface area contributed by atoms with Crippen LogP contribution in [-0.4, -0.2) is 52.4 Å². The van der Waals surface area contributed by atoms with E-state index in [0.29, 0.717) is 5.92 Å². The number of nitrogens with zero attached hydrogens (tertiary/aromatic N) is 5. The van der Waals surface area contributed by atoms with E-state index in [1.165, 1.54) is 62.3 Å². The van der Waals surface area contributed by atoms with E-state index >= 15 is 0 Å². The molecule has 3 aliphatic heterocycles. The van der Waals surface area contributed by atoms with Crippen LogP contribution in [0.15, 0.2) is 24.3 Å². The molecule has 6 nitrogen and oxygen atoms in total. The molecule has 0 saturated carbocycles. The lowest BCUT2D eigenvalue weighted by molar-refractivity contribution is 0.205. The van der Waals surface area contributed by atoms with Crippen LogP contribution in [0.1, 0.15) is 55.2 Å². The van der Waals surface area contributed by atoms with Crippen molar-refractivity contribution >= 4 is 5.69 Å². The van der Waals surface area contributed by atoms with Crippen LogP contribution < -0.4 is 10.2 Å². The van der Waals surface area contributed by atoms with Crippen molar-refractivity contribution in [3.63, 3.8) is 0 Å². The van der Waals surface area contributed by atoms with Crippen LogP contribution in [0.4, 0.5) is 5.69 Å². The lowest BCUT2D eigenvalue weighted by atomic mass is 9.97. The molecule has 0 unspecified atom stereocenters. The SMILES string of the molecule is c1ccc(N2CCCCC2)c(CN2CCn3c(nnc3C3CCNCC3)C2)c1. The van der Waals surface area contributed by atoms with Crippen molar-refractivity contribution in [3.8, 4) is 0 Å². The summed E-state index contributed by atoms with van der Waals surface area (Å²) in [7, 11) is 0. The summed E-state index contributed by atoms with van der Waals surface area (Å²) in [5.41, 5.74) is 2.89. The summed E-state index contributed by atoms with van der Waals surface area (Å²) in [5.74, 6) is 2.95. The molecular weight excluding hydrogens is 348 g/mol. The van der Waals surface area contributed by atoms with Crippen molar-refractivity contribution in [2.24, 2.45) is 0 Å². The number of piperidine rings is 2. The van der Waals surface area contributed by atoms with E-state index in [1.54, 1.807) is 0 Å². The van der Waals surface area contributed by atoms with Crippen LogP contribution in [0.5, 0.6) is 0 Å². The third-order valence-corrected chi connectivity index (χ3v) is 6.65. The molecule has 5 rings (SSSR count). The van der Waals surface area contributed by atoms with Crippen LogP contribution in [0.2, 0.25) is 0 Å². The molecule has 0 radical (unpaired) electrons. The van der Waals surface area contributed by atoms with Gasteiger partial charge in [-0.25, -0.2) is 0 Å². The van der Waals surface area contributed by atoms with Gasteiger partial charge in [0.1, 0.15) is 11.6 Å². The van der Waals surface area contributed by atoms with Gasteiger partial charge in [0.25, 0.3) is 0 Å². The molecule has 1 aromatic carbocycles. The molecule has 0 aliphatic carbocycles. The topological polar surface area (TPSA) is 49.2 Å². The number of rotatable bonds is 4. The van der Waals surface area contributed by atoms with Crippen LogP contribution in [0.3, 0.4) is 0 Å². The molecule has 0 bridgehead atoms. The van der Waals surface area contributed by atoms with Gasteiger partial charge in [-0.1, -0.05) is 18.2 Å². The molecular formula is C22H32N6. The Hall–Kier alpha value is -1.92. The Morgan fingerprint density at radius 2 is 1.75 bits per heavy atom. The monoisotopic (exact) mass is 380 g/mol. The van der Waals surface area contributed by atoms with Gasteiger partial charge in [0.05, 0.1) is 6.54 Å². The summed E-state index contributed by atoms with van der Waals surface area (Å²) in [6.07, 6.45) is 6.39. The summed E-state index contributed by atoms with van der Waals surface area (Å²) in [6.45, 7) is 8.62. The highest BCUT2D eigenvalue weighted by atomic mass is 15.3. The van der Waals surface area contributed by atoms with Gasteiger partial charge in [-0.15, -0.1) is 10.2 Å². The number of fused-ring (bicyclic) bond motifs is 1. The zero-order chi connectivity index (χ0) is 18.8. The Bertz CT molecular complexity index is 788. The molecule has 3 aliphatic rings. The lowest BCUT2D eigenvalue weighted by Gasteiger charge is -2.33.